The molecule has 1 atom stereocenters. The van der Waals surface area contributed by atoms with Gasteiger partial charge in [0, 0.05) is 0 Å². The summed E-state index contributed by atoms with van der Waals surface area (Å²) >= 11 is 1.79. The second-order valence-electron chi connectivity index (χ2n) is 3.46. The van der Waals surface area contributed by atoms with Crippen LogP contribution in [0.4, 0.5) is 0 Å². The highest BCUT2D eigenvalue weighted by Crippen LogP contribution is 2.08. The van der Waals surface area contributed by atoms with Crippen molar-refractivity contribution >= 4 is 11.8 Å². The van der Waals surface area contributed by atoms with Gasteiger partial charge in [0.1, 0.15) is 0 Å². The van der Waals surface area contributed by atoms with Gasteiger partial charge in [-0.05, 0) is 36.8 Å². The van der Waals surface area contributed by atoms with Crippen molar-refractivity contribution in [3.05, 3.63) is 35.9 Å². The van der Waals surface area contributed by atoms with Crippen LogP contribution in [0.15, 0.2) is 30.3 Å². The molecule has 1 unspecified atom stereocenters. The highest BCUT2D eigenvalue weighted by Gasteiger charge is 2.03. The summed E-state index contributed by atoms with van der Waals surface area (Å²) in [5.74, 6) is 1.05. The van der Waals surface area contributed by atoms with E-state index in [1.807, 2.05) is 18.2 Å². The maximum Gasteiger partial charge on any atom is 0.0551 e. The summed E-state index contributed by atoms with van der Waals surface area (Å²) < 4.78 is 0. The molecule has 2 heteroatoms. The first kappa shape index (κ1) is 11.6. The van der Waals surface area contributed by atoms with E-state index in [1.165, 1.54) is 5.56 Å². The molecule has 0 aromatic heterocycles. The maximum absolute atomic E-state index is 9.63. The smallest absolute Gasteiger partial charge is 0.0551 e. The average Bonchev–Trinajstić information content (AvgIpc) is 2.25. The summed E-state index contributed by atoms with van der Waals surface area (Å²) in [6.45, 7) is 0. The van der Waals surface area contributed by atoms with Gasteiger partial charge < -0.3 is 5.11 Å². The lowest BCUT2D eigenvalue weighted by atomic mass is 10.1. The summed E-state index contributed by atoms with van der Waals surface area (Å²) in [7, 11) is 0. The Hall–Kier alpha value is -0.470. The van der Waals surface area contributed by atoms with Crippen molar-refractivity contribution < 1.29 is 5.11 Å². The molecule has 1 aromatic carbocycles. The first-order chi connectivity index (χ1) is 6.83. The summed E-state index contributed by atoms with van der Waals surface area (Å²) in [5, 5.41) is 9.63. The minimum atomic E-state index is -0.136. The van der Waals surface area contributed by atoms with Gasteiger partial charge in [-0.1, -0.05) is 30.3 Å². The Morgan fingerprint density at radius 1 is 1.21 bits per heavy atom. The van der Waals surface area contributed by atoms with Crippen LogP contribution in [0.25, 0.3) is 0 Å². The third-order valence-corrected chi connectivity index (χ3v) is 2.91. The highest BCUT2D eigenvalue weighted by molar-refractivity contribution is 7.98. The molecule has 14 heavy (non-hydrogen) atoms. The third kappa shape index (κ3) is 4.68. The van der Waals surface area contributed by atoms with Crippen LogP contribution < -0.4 is 0 Å². The molecule has 1 rings (SSSR count). The van der Waals surface area contributed by atoms with Crippen LogP contribution in [0.5, 0.6) is 0 Å². The highest BCUT2D eigenvalue weighted by atomic mass is 32.2. The molecule has 0 heterocycles. The monoisotopic (exact) mass is 210 g/mol. The lowest BCUT2D eigenvalue weighted by Crippen LogP contribution is -2.08. The zero-order valence-electron chi connectivity index (χ0n) is 8.65. The quantitative estimate of drug-likeness (QED) is 0.779. The van der Waals surface area contributed by atoms with Crippen LogP contribution in [0.2, 0.25) is 0 Å². The molecule has 0 aliphatic rings. The van der Waals surface area contributed by atoms with E-state index in [0.29, 0.717) is 0 Å². The van der Waals surface area contributed by atoms with Crippen molar-refractivity contribution in [3.8, 4) is 0 Å². The molecule has 0 radical (unpaired) electrons. The second-order valence-corrected chi connectivity index (χ2v) is 4.45. The molecule has 0 fully saturated rings. The van der Waals surface area contributed by atoms with E-state index < -0.39 is 0 Å². The molecular formula is C12H18OS. The maximum atomic E-state index is 9.63. The van der Waals surface area contributed by atoms with E-state index in [9.17, 15) is 5.11 Å². The second kappa shape index (κ2) is 6.91. The SMILES string of the molecule is CSCCC(O)CCc1ccccc1. The van der Waals surface area contributed by atoms with Crippen LogP contribution >= 0.6 is 11.8 Å². The number of hydrogen-bond acceptors (Lipinski definition) is 2. The van der Waals surface area contributed by atoms with Crippen molar-refractivity contribution in [2.45, 2.75) is 25.4 Å². The zero-order chi connectivity index (χ0) is 10.2. The Morgan fingerprint density at radius 3 is 2.57 bits per heavy atom. The van der Waals surface area contributed by atoms with Gasteiger partial charge in [0.05, 0.1) is 6.10 Å². The predicted octanol–water partition coefficient (Wildman–Crippen LogP) is 2.73. The van der Waals surface area contributed by atoms with E-state index in [-0.39, 0.29) is 6.10 Å². The first-order valence-corrected chi connectivity index (χ1v) is 6.43. The lowest BCUT2D eigenvalue weighted by molar-refractivity contribution is 0.162. The molecule has 0 saturated carbocycles. The molecule has 1 nitrogen and oxygen atoms in total. The fourth-order valence-electron chi connectivity index (χ4n) is 1.38. The third-order valence-electron chi connectivity index (χ3n) is 2.26. The van der Waals surface area contributed by atoms with Crippen LogP contribution in [0.3, 0.4) is 0 Å². The molecule has 1 aromatic rings. The van der Waals surface area contributed by atoms with Crippen LogP contribution in [-0.4, -0.2) is 23.2 Å². The van der Waals surface area contributed by atoms with E-state index >= 15 is 0 Å². The molecule has 1 N–H and O–H groups in total. The van der Waals surface area contributed by atoms with Gasteiger partial charge in [0.15, 0.2) is 0 Å². The Labute approximate surface area is 90.5 Å². The minimum absolute atomic E-state index is 0.136. The normalized spacial score (nSPS) is 12.7. The topological polar surface area (TPSA) is 20.2 Å². The molecule has 0 aliphatic carbocycles. The Morgan fingerprint density at radius 2 is 1.93 bits per heavy atom. The van der Waals surface area contributed by atoms with Crippen molar-refractivity contribution in [3.63, 3.8) is 0 Å². The number of aryl methyl sites for hydroxylation is 1. The molecular weight excluding hydrogens is 192 g/mol. The molecule has 0 amide bonds. The fraction of sp³-hybridized carbons (Fsp3) is 0.500. The largest absolute Gasteiger partial charge is 0.393 e. The predicted molar refractivity (Wildman–Crippen MR) is 63.8 cm³/mol. The van der Waals surface area contributed by atoms with Crippen LogP contribution in [0, 0.1) is 0 Å². The first-order valence-electron chi connectivity index (χ1n) is 5.04. The summed E-state index contributed by atoms with van der Waals surface area (Å²) in [5.41, 5.74) is 1.32. The number of rotatable bonds is 6. The van der Waals surface area contributed by atoms with Gasteiger partial charge in [-0.2, -0.15) is 11.8 Å². The molecule has 78 valence electrons. The van der Waals surface area contributed by atoms with Gasteiger partial charge in [0.2, 0.25) is 0 Å². The number of thioether (sulfide) groups is 1. The summed E-state index contributed by atoms with van der Waals surface area (Å²) in [6.07, 6.45) is 4.71. The number of aliphatic hydroxyl groups is 1. The van der Waals surface area contributed by atoms with Crippen molar-refractivity contribution in [2.75, 3.05) is 12.0 Å². The van der Waals surface area contributed by atoms with Gasteiger partial charge in [-0.25, -0.2) is 0 Å². The Kier molecular flexibility index (Phi) is 5.72. The van der Waals surface area contributed by atoms with Crippen LogP contribution in [-0.2, 0) is 6.42 Å². The lowest BCUT2D eigenvalue weighted by Gasteiger charge is -2.09. The number of benzene rings is 1. The molecule has 0 aliphatic heterocycles. The van der Waals surface area contributed by atoms with Gasteiger partial charge in [-0.15, -0.1) is 0 Å². The van der Waals surface area contributed by atoms with E-state index in [1.54, 1.807) is 11.8 Å². The van der Waals surface area contributed by atoms with Gasteiger partial charge in [0.25, 0.3) is 0 Å². The van der Waals surface area contributed by atoms with E-state index in [4.69, 9.17) is 0 Å². The number of hydrogen-bond donors (Lipinski definition) is 1. The standard InChI is InChI=1S/C12H18OS/c1-14-10-9-12(13)8-7-11-5-3-2-4-6-11/h2-6,12-13H,7-10H2,1H3. The van der Waals surface area contributed by atoms with Crippen molar-refractivity contribution in [2.24, 2.45) is 0 Å². The molecule has 0 bridgehead atoms. The minimum Gasteiger partial charge on any atom is -0.393 e. The van der Waals surface area contributed by atoms with Crippen molar-refractivity contribution in [1.82, 2.24) is 0 Å². The Bertz CT molecular complexity index is 235. The summed E-state index contributed by atoms with van der Waals surface area (Å²) in [6, 6.07) is 10.3. The van der Waals surface area contributed by atoms with E-state index in [2.05, 4.69) is 18.4 Å². The zero-order valence-corrected chi connectivity index (χ0v) is 9.46. The van der Waals surface area contributed by atoms with Crippen LogP contribution in [0.1, 0.15) is 18.4 Å². The fourth-order valence-corrected chi connectivity index (χ4v) is 1.88. The van der Waals surface area contributed by atoms with E-state index in [0.717, 1.165) is 25.0 Å². The van der Waals surface area contributed by atoms with Crippen molar-refractivity contribution in [1.29, 1.82) is 0 Å². The van der Waals surface area contributed by atoms with Gasteiger partial charge in [-0.3, -0.25) is 0 Å². The molecule has 0 spiro atoms. The number of aliphatic hydroxyl groups excluding tert-OH is 1. The van der Waals surface area contributed by atoms with Gasteiger partial charge >= 0.3 is 0 Å². The average molecular weight is 210 g/mol. The summed E-state index contributed by atoms with van der Waals surface area (Å²) in [4.78, 5) is 0. The Balaban J connectivity index is 2.20. The molecule has 0 saturated heterocycles.